The first-order valence-electron chi connectivity index (χ1n) is 6.92. The van der Waals surface area contributed by atoms with Crippen LogP contribution in [-0.4, -0.2) is 21.4 Å². The summed E-state index contributed by atoms with van der Waals surface area (Å²) in [5.41, 5.74) is 2.01. The summed E-state index contributed by atoms with van der Waals surface area (Å²) < 4.78 is 0.947. The van der Waals surface area contributed by atoms with Crippen molar-refractivity contribution in [3.63, 3.8) is 0 Å². The maximum Gasteiger partial charge on any atom is 0.274 e. The van der Waals surface area contributed by atoms with Gasteiger partial charge in [-0.3, -0.25) is 4.79 Å². The highest BCUT2D eigenvalue weighted by Crippen LogP contribution is 2.21. The minimum absolute atomic E-state index is 0.135. The Kier molecular flexibility index (Phi) is 4.81. The summed E-state index contributed by atoms with van der Waals surface area (Å²) in [6.07, 6.45) is 1.38. The fraction of sp³-hybridized carbons (Fsp3) is 0.312. The maximum absolute atomic E-state index is 12.3. The molecule has 116 valence electrons. The molecule has 0 bridgehead atoms. The van der Waals surface area contributed by atoms with E-state index in [0.717, 1.165) is 10.0 Å². The Balaban J connectivity index is 2.15. The van der Waals surface area contributed by atoms with Gasteiger partial charge in [0.2, 0.25) is 0 Å². The molecular weight excluding hydrogens is 344 g/mol. The molecule has 0 aliphatic carbocycles. The Labute approximate surface area is 138 Å². The summed E-state index contributed by atoms with van der Waals surface area (Å²) in [7, 11) is 0. The average Bonchev–Trinajstić information content (AvgIpc) is 2.41. The second kappa shape index (κ2) is 6.44. The monoisotopic (exact) mass is 362 g/mol. The van der Waals surface area contributed by atoms with Crippen LogP contribution in [0.4, 0.5) is 11.5 Å². The lowest BCUT2D eigenvalue weighted by Crippen LogP contribution is -2.27. The zero-order chi connectivity index (χ0) is 16.3. The van der Waals surface area contributed by atoms with Gasteiger partial charge in [0.25, 0.3) is 5.91 Å². The van der Waals surface area contributed by atoms with Crippen molar-refractivity contribution < 1.29 is 4.79 Å². The van der Waals surface area contributed by atoms with Crippen LogP contribution in [-0.2, 0) is 0 Å². The first kappa shape index (κ1) is 16.4. The van der Waals surface area contributed by atoms with Gasteiger partial charge in [0.05, 0.1) is 0 Å². The van der Waals surface area contributed by atoms with E-state index in [2.05, 4.69) is 36.5 Å². The number of hydrogen-bond donors (Lipinski definition) is 2. The van der Waals surface area contributed by atoms with Crippen molar-refractivity contribution in [1.82, 2.24) is 9.97 Å². The van der Waals surface area contributed by atoms with Gasteiger partial charge >= 0.3 is 0 Å². The molecule has 0 saturated carbocycles. The number of benzene rings is 1. The van der Waals surface area contributed by atoms with Crippen LogP contribution in [0.5, 0.6) is 0 Å². The SMILES string of the molecule is Cc1ccc(NC(=O)c2cc(NC(C)(C)C)ncn2)cc1Br. The highest BCUT2D eigenvalue weighted by atomic mass is 79.9. The first-order valence-corrected chi connectivity index (χ1v) is 7.72. The van der Waals surface area contributed by atoms with E-state index in [4.69, 9.17) is 0 Å². The third-order valence-corrected chi connectivity index (χ3v) is 3.69. The molecule has 0 fully saturated rings. The highest BCUT2D eigenvalue weighted by molar-refractivity contribution is 9.10. The fourth-order valence-electron chi connectivity index (χ4n) is 1.80. The predicted octanol–water partition coefficient (Wildman–Crippen LogP) is 4.01. The van der Waals surface area contributed by atoms with Gasteiger partial charge in [-0.25, -0.2) is 9.97 Å². The summed E-state index contributed by atoms with van der Waals surface area (Å²) in [5, 5.41) is 6.05. The zero-order valence-electron chi connectivity index (χ0n) is 13.1. The third kappa shape index (κ3) is 4.53. The van der Waals surface area contributed by atoms with Crippen LogP contribution in [0, 0.1) is 6.92 Å². The second-order valence-corrected chi connectivity index (χ2v) is 6.94. The number of halogens is 1. The van der Waals surface area contributed by atoms with Crippen LogP contribution in [0.2, 0.25) is 0 Å². The smallest absolute Gasteiger partial charge is 0.274 e. The molecular formula is C16H19BrN4O. The molecule has 0 unspecified atom stereocenters. The van der Waals surface area contributed by atoms with Gasteiger partial charge in [0.15, 0.2) is 0 Å². The molecule has 0 atom stereocenters. The van der Waals surface area contributed by atoms with Crippen LogP contribution < -0.4 is 10.6 Å². The molecule has 6 heteroatoms. The van der Waals surface area contributed by atoms with Crippen LogP contribution in [0.3, 0.4) is 0 Å². The lowest BCUT2D eigenvalue weighted by molar-refractivity contribution is 0.102. The van der Waals surface area contributed by atoms with E-state index in [1.165, 1.54) is 6.33 Å². The standard InChI is InChI=1S/C16H19BrN4O/c1-10-5-6-11(7-12(10)17)20-15(22)13-8-14(19-9-18-13)21-16(2,3)4/h5-9H,1-4H3,(H,20,22)(H,18,19,21). The number of aromatic nitrogens is 2. The predicted molar refractivity (Wildman–Crippen MR) is 92.2 cm³/mol. The van der Waals surface area contributed by atoms with Crippen molar-refractivity contribution in [2.24, 2.45) is 0 Å². The molecule has 0 saturated heterocycles. The van der Waals surface area contributed by atoms with Crippen molar-refractivity contribution >= 4 is 33.3 Å². The molecule has 0 spiro atoms. The number of nitrogens with one attached hydrogen (secondary N) is 2. The summed E-state index contributed by atoms with van der Waals surface area (Å²) in [4.78, 5) is 20.4. The van der Waals surface area contributed by atoms with E-state index in [1.54, 1.807) is 6.07 Å². The number of carbonyl (C=O) groups excluding carboxylic acids is 1. The molecule has 1 amide bonds. The van der Waals surface area contributed by atoms with Crippen LogP contribution in [0.25, 0.3) is 0 Å². The lowest BCUT2D eigenvalue weighted by atomic mass is 10.1. The number of rotatable bonds is 3. The summed E-state index contributed by atoms with van der Waals surface area (Å²) in [6, 6.07) is 7.30. The molecule has 22 heavy (non-hydrogen) atoms. The molecule has 1 aromatic carbocycles. The van der Waals surface area contributed by atoms with Crippen molar-refractivity contribution in [3.8, 4) is 0 Å². The van der Waals surface area contributed by atoms with E-state index in [-0.39, 0.29) is 11.4 Å². The molecule has 5 nitrogen and oxygen atoms in total. The minimum atomic E-state index is -0.268. The molecule has 0 aliphatic heterocycles. The van der Waals surface area contributed by atoms with Gasteiger partial charge in [0.1, 0.15) is 17.8 Å². The van der Waals surface area contributed by atoms with Crippen molar-refractivity contribution in [2.75, 3.05) is 10.6 Å². The molecule has 2 rings (SSSR count). The molecule has 1 heterocycles. The highest BCUT2D eigenvalue weighted by Gasteiger charge is 2.13. The Morgan fingerprint density at radius 1 is 1.18 bits per heavy atom. The van der Waals surface area contributed by atoms with Crippen LogP contribution in [0.15, 0.2) is 35.1 Å². The van der Waals surface area contributed by atoms with Gasteiger partial charge in [-0.1, -0.05) is 22.0 Å². The Morgan fingerprint density at radius 2 is 1.91 bits per heavy atom. The molecule has 0 radical (unpaired) electrons. The van der Waals surface area contributed by atoms with Crippen molar-refractivity contribution in [2.45, 2.75) is 33.2 Å². The second-order valence-electron chi connectivity index (χ2n) is 6.08. The van der Waals surface area contributed by atoms with E-state index in [9.17, 15) is 4.79 Å². The molecule has 2 N–H and O–H groups in total. The van der Waals surface area contributed by atoms with E-state index >= 15 is 0 Å². The minimum Gasteiger partial charge on any atom is -0.365 e. The largest absolute Gasteiger partial charge is 0.365 e. The summed E-state index contributed by atoms with van der Waals surface area (Å²) in [6.45, 7) is 8.07. The van der Waals surface area contributed by atoms with Crippen molar-refractivity contribution in [1.29, 1.82) is 0 Å². The van der Waals surface area contributed by atoms with Gasteiger partial charge in [-0.05, 0) is 45.4 Å². The van der Waals surface area contributed by atoms with Crippen LogP contribution in [0.1, 0.15) is 36.8 Å². The summed E-state index contributed by atoms with van der Waals surface area (Å²) in [5.74, 6) is 0.354. The van der Waals surface area contributed by atoms with Gasteiger partial charge in [0, 0.05) is 21.8 Å². The maximum atomic E-state index is 12.3. The van der Waals surface area contributed by atoms with Gasteiger partial charge in [-0.2, -0.15) is 0 Å². The third-order valence-electron chi connectivity index (χ3n) is 2.83. The number of aryl methyl sites for hydroxylation is 1. The van der Waals surface area contributed by atoms with Crippen molar-refractivity contribution in [3.05, 3.63) is 46.3 Å². The number of amides is 1. The van der Waals surface area contributed by atoms with Crippen LogP contribution >= 0.6 is 15.9 Å². The number of carbonyl (C=O) groups is 1. The van der Waals surface area contributed by atoms with E-state index in [0.29, 0.717) is 17.2 Å². The van der Waals surface area contributed by atoms with E-state index in [1.807, 2.05) is 45.9 Å². The molecule has 0 aliphatic rings. The Bertz CT molecular complexity index is 695. The quantitative estimate of drug-likeness (QED) is 0.865. The lowest BCUT2D eigenvalue weighted by Gasteiger charge is -2.21. The topological polar surface area (TPSA) is 66.9 Å². The Morgan fingerprint density at radius 3 is 2.55 bits per heavy atom. The van der Waals surface area contributed by atoms with Gasteiger partial charge < -0.3 is 10.6 Å². The van der Waals surface area contributed by atoms with Gasteiger partial charge in [-0.15, -0.1) is 0 Å². The molecule has 2 aromatic rings. The molecule has 1 aromatic heterocycles. The van der Waals surface area contributed by atoms with E-state index < -0.39 is 0 Å². The zero-order valence-corrected chi connectivity index (χ0v) is 14.7. The first-order chi connectivity index (χ1) is 10.2. The number of hydrogen-bond acceptors (Lipinski definition) is 4. The normalized spacial score (nSPS) is 11.1. The number of anilines is 2. The number of nitrogens with zero attached hydrogens (tertiary/aromatic N) is 2. The average molecular weight is 363 g/mol. The fourth-order valence-corrected chi connectivity index (χ4v) is 2.18. The Hall–Kier alpha value is -1.95. The summed E-state index contributed by atoms with van der Waals surface area (Å²) >= 11 is 3.45.